The van der Waals surface area contributed by atoms with E-state index in [0.717, 1.165) is 27.1 Å². The molecule has 0 aliphatic carbocycles. The van der Waals surface area contributed by atoms with Crippen LogP contribution in [0.5, 0.6) is 0 Å². The minimum absolute atomic E-state index is 0.158. The molecule has 13 heteroatoms. The second-order valence-corrected chi connectivity index (χ2v) is 10.4. The van der Waals surface area contributed by atoms with Crippen molar-refractivity contribution in [1.82, 2.24) is 24.9 Å². The Bertz CT molecular complexity index is 1730. The van der Waals surface area contributed by atoms with Crippen LogP contribution in [0.2, 0.25) is 0 Å². The lowest BCUT2D eigenvalue weighted by Gasteiger charge is -2.15. The molecule has 0 unspecified atom stereocenters. The van der Waals surface area contributed by atoms with Crippen LogP contribution < -0.4 is 11.1 Å². The Hall–Kier alpha value is -4.62. The van der Waals surface area contributed by atoms with Crippen molar-refractivity contribution in [2.45, 2.75) is 12.7 Å². The van der Waals surface area contributed by atoms with Crippen molar-refractivity contribution in [3.8, 4) is 27.4 Å². The molecule has 1 amide bonds. The van der Waals surface area contributed by atoms with Gasteiger partial charge in [0.2, 0.25) is 5.13 Å². The molecule has 0 radical (unpaired) electrons. The minimum Gasteiger partial charge on any atom is -0.374 e. The fourth-order valence-corrected chi connectivity index (χ4v) is 4.86. The molecule has 0 saturated carbocycles. The van der Waals surface area contributed by atoms with E-state index in [1.54, 1.807) is 18.2 Å². The number of rotatable bonds is 7. The smallest absolute Gasteiger partial charge is 0.374 e. The highest BCUT2D eigenvalue weighted by Crippen LogP contribution is 2.32. The van der Waals surface area contributed by atoms with Crippen molar-refractivity contribution >= 4 is 28.1 Å². The summed E-state index contributed by atoms with van der Waals surface area (Å²) in [5.74, 6) is -1.72. The quantitative estimate of drug-likeness (QED) is 0.225. The number of aromatic nitrogens is 4. The fourth-order valence-electron chi connectivity index (χ4n) is 4.25. The topological polar surface area (TPSA) is 102 Å². The van der Waals surface area contributed by atoms with E-state index in [0.29, 0.717) is 28.7 Å². The molecule has 0 aliphatic heterocycles. The van der Waals surface area contributed by atoms with Crippen LogP contribution in [0.3, 0.4) is 0 Å². The summed E-state index contributed by atoms with van der Waals surface area (Å²) in [7, 11) is 3.85. The highest BCUT2D eigenvalue weighted by molar-refractivity contribution is 7.18. The second kappa shape index (κ2) is 11.1. The van der Waals surface area contributed by atoms with E-state index in [1.165, 1.54) is 24.3 Å². The van der Waals surface area contributed by atoms with Crippen LogP contribution in [0.1, 0.15) is 21.7 Å². The molecule has 5 aromatic rings. The number of nitrogens with zero attached hydrogens (tertiary/aromatic N) is 5. The normalized spacial score (nSPS) is 11.7. The van der Waals surface area contributed by atoms with E-state index < -0.39 is 29.3 Å². The number of benzene rings is 3. The van der Waals surface area contributed by atoms with Crippen molar-refractivity contribution in [3.63, 3.8) is 0 Å². The SMILES string of the molecule is CN(C)Cc1ccccc1-c1ccc(NC(=O)c2cc(C(F)(F)F)nn2-c2cccc(-c3nnc(N)s3)c2)c(F)c1. The lowest BCUT2D eigenvalue weighted by molar-refractivity contribution is -0.141. The summed E-state index contributed by atoms with van der Waals surface area (Å²) in [6, 6.07) is 18.7. The molecule has 3 N–H and O–H groups in total. The van der Waals surface area contributed by atoms with Gasteiger partial charge in [-0.2, -0.15) is 18.3 Å². The van der Waals surface area contributed by atoms with Crippen LogP contribution in [0.4, 0.5) is 28.4 Å². The molecule has 0 atom stereocenters. The lowest BCUT2D eigenvalue weighted by Crippen LogP contribution is -2.17. The van der Waals surface area contributed by atoms with Crippen molar-refractivity contribution < 1.29 is 22.4 Å². The molecule has 2 heterocycles. The average Bonchev–Trinajstić information content (AvgIpc) is 3.57. The number of carbonyl (C=O) groups excluding carboxylic acids is 1. The maximum Gasteiger partial charge on any atom is 0.435 e. The molecule has 41 heavy (non-hydrogen) atoms. The Morgan fingerprint density at radius 3 is 2.46 bits per heavy atom. The molecule has 0 bridgehead atoms. The van der Waals surface area contributed by atoms with Gasteiger partial charge in [0.05, 0.1) is 11.4 Å². The van der Waals surface area contributed by atoms with Crippen LogP contribution in [0.15, 0.2) is 72.8 Å². The van der Waals surface area contributed by atoms with Crippen molar-refractivity contribution in [2.24, 2.45) is 0 Å². The number of hydrogen-bond acceptors (Lipinski definition) is 7. The summed E-state index contributed by atoms with van der Waals surface area (Å²) in [4.78, 5) is 15.2. The first-order valence-corrected chi connectivity index (χ1v) is 13.0. The zero-order valence-corrected chi connectivity index (χ0v) is 22.6. The van der Waals surface area contributed by atoms with Gasteiger partial charge in [-0.1, -0.05) is 53.8 Å². The van der Waals surface area contributed by atoms with Gasteiger partial charge in [-0.3, -0.25) is 4.79 Å². The number of halogens is 4. The monoisotopic (exact) mass is 581 g/mol. The number of hydrogen-bond donors (Lipinski definition) is 2. The number of nitrogen functional groups attached to an aromatic ring is 1. The van der Waals surface area contributed by atoms with Crippen LogP contribution in [-0.4, -0.2) is 44.9 Å². The Labute approximate surface area is 236 Å². The van der Waals surface area contributed by atoms with Crippen molar-refractivity contribution in [1.29, 1.82) is 0 Å². The molecule has 2 aromatic heterocycles. The Morgan fingerprint density at radius 2 is 1.78 bits per heavy atom. The summed E-state index contributed by atoms with van der Waals surface area (Å²) in [6.45, 7) is 0.634. The molecular formula is C28H23F4N7OS. The lowest BCUT2D eigenvalue weighted by atomic mass is 9.99. The van der Waals surface area contributed by atoms with Crippen molar-refractivity contribution in [3.05, 3.63) is 95.6 Å². The summed E-state index contributed by atoms with van der Waals surface area (Å²) < 4.78 is 56.9. The highest BCUT2D eigenvalue weighted by atomic mass is 32.1. The number of nitrogens with two attached hydrogens (primary N) is 1. The van der Waals surface area contributed by atoms with Gasteiger partial charge in [0.15, 0.2) is 5.69 Å². The van der Waals surface area contributed by atoms with Crippen LogP contribution in [0, 0.1) is 5.82 Å². The molecule has 0 saturated heterocycles. The predicted molar refractivity (Wildman–Crippen MR) is 149 cm³/mol. The minimum atomic E-state index is -4.82. The van der Waals surface area contributed by atoms with Crippen LogP contribution >= 0.6 is 11.3 Å². The van der Waals surface area contributed by atoms with E-state index in [4.69, 9.17) is 5.73 Å². The largest absolute Gasteiger partial charge is 0.435 e. The number of amides is 1. The maximum atomic E-state index is 15.2. The molecule has 210 valence electrons. The van der Waals surface area contributed by atoms with Gasteiger partial charge in [0.25, 0.3) is 5.91 Å². The third-order valence-corrected chi connectivity index (χ3v) is 6.84. The summed E-state index contributed by atoms with van der Waals surface area (Å²) in [5.41, 5.74) is 6.82. The van der Waals surface area contributed by atoms with Gasteiger partial charge < -0.3 is 16.0 Å². The first-order valence-electron chi connectivity index (χ1n) is 12.2. The molecule has 0 aliphatic rings. The third kappa shape index (κ3) is 6.10. The van der Waals surface area contributed by atoms with E-state index >= 15 is 4.39 Å². The number of alkyl halides is 3. The second-order valence-electron chi connectivity index (χ2n) is 9.36. The maximum absolute atomic E-state index is 15.2. The summed E-state index contributed by atoms with van der Waals surface area (Å²) >= 11 is 1.09. The summed E-state index contributed by atoms with van der Waals surface area (Å²) in [5, 5.41) is 14.4. The Morgan fingerprint density at radius 1 is 1.00 bits per heavy atom. The summed E-state index contributed by atoms with van der Waals surface area (Å²) in [6.07, 6.45) is -4.82. The van der Waals surface area contributed by atoms with Crippen LogP contribution in [0.25, 0.3) is 27.4 Å². The zero-order valence-electron chi connectivity index (χ0n) is 21.8. The van der Waals surface area contributed by atoms with Gasteiger partial charge in [-0.05, 0) is 55.1 Å². The number of carbonyl (C=O) groups is 1. The Balaban J connectivity index is 1.48. The molecule has 3 aromatic carbocycles. The van der Waals surface area contributed by atoms with E-state index in [-0.39, 0.29) is 16.5 Å². The number of nitrogens with one attached hydrogen (secondary N) is 1. The Kier molecular flexibility index (Phi) is 7.56. The van der Waals surface area contributed by atoms with E-state index in [2.05, 4.69) is 20.6 Å². The van der Waals surface area contributed by atoms with Gasteiger partial charge in [0, 0.05) is 18.2 Å². The standard InChI is InChI=1S/C28H23F4N7OS/c1-38(2)15-18-6-3-4-9-20(18)16-10-11-22(21(29)13-16)34-25(40)23-14-24(28(30,31)32)37-39(23)19-8-5-7-17(12-19)26-35-36-27(33)41-26/h3-14H,15H2,1-2H3,(H2,33,36)(H,34,40). The van der Waals surface area contributed by atoms with Gasteiger partial charge >= 0.3 is 6.18 Å². The average molecular weight is 582 g/mol. The van der Waals surface area contributed by atoms with E-state index in [1.807, 2.05) is 43.3 Å². The highest BCUT2D eigenvalue weighted by Gasteiger charge is 2.36. The first kappa shape index (κ1) is 27.9. The van der Waals surface area contributed by atoms with Gasteiger partial charge in [-0.15, -0.1) is 10.2 Å². The first-order chi connectivity index (χ1) is 19.5. The number of anilines is 2. The van der Waals surface area contributed by atoms with Gasteiger partial charge in [-0.25, -0.2) is 9.07 Å². The molecule has 0 fully saturated rings. The molecule has 5 rings (SSSR count). The van der Waals surface area contributed by atoms with E-state index in [9.17, 15) is 18.0 Å². The molecular weight excluding hydrogens is 558 g/mol. The van der Waals surface area contributed by atoms with Crippen LogP contribution in [-0.2, 0) is 12.7 Å². The molecule has 0 spiro atoms. The zero-order chi connectivity index (χ0) is 29.3. The predicted octanol–water partition coefficient (Wildman–Crippen LogP) is 6.11. The van der Waals surface area contributed by atoms with Gasteiger partial charge in [0.1, 0.15) is 16.5 Å². The van der Waals surface area contributed by atoms with Crippen molar-refractivity contribution in [2.75, 3.05) is 25.1 Å². The fraction of sp³-hybridized carbons (Fsp3) is 0.143. The molecule has 8 nitrogen and oxygen atoms in total. The third-order valence-electron chi connectivity index (χ3n) is 6.04.